The van der Waals surface area contributed by atoms with Crippen molar-refractivity contribution in [3.63, 3.8) is 0 Å². The Balaban J connectivity index is 1.55. The second-order valence-electron chi connectivity index (χ2n) is 6.15. The molecule has 2 aromatic carbocycles. The van der Waals surface area contributed by atoms with E-state index in [4.69, 9.17) is 11.6 Å². The summed E-state index contributed by atoms with van der Waals surface area (Å²) < 4.78 is 0.700. The Morgan fingerprint density at radius 1 is 1.11 bits per heavy atom. The maximum Gasteiger partial charge on any atom is 0.262 e. The Hall–Kier alpha value is -2.51. The van der Waals surface area contributed by atoms with Crippen LogP contribution in [0.2, 0.25) is 5.02 Å². The number of amidine groups is 1. The molecule has 0 unspecified atom stereocenters. The molecule has 0 aliphatic carbocycles. The number of hydrogen-bond acceptors (Lipinski definition) is 4. The molecule has 2 aliphatic heterocycles. The third-order valence-electron chi connectivity index (χ3n) is 4.45. The fourth-order valence-electron chi connectivity index (χ4n) is 3.19. The SMILES string of the molecule is O=C(CN1C(=O)c2ccc(Br)cc2C1=O)N1CCN=C1c1cccc(Cl)c1. The van der Waals surface area contributed by atoms with E-state index in [-0.39, 0.29) is 12.5 Å². The van der Waals surface area contributed by atoms with Gasteiger partial charge in [0, 0.05) is 21.6 Å². The molecule has 27 heavy (non-hydrogen) atoms. The molecule has 3 amide bonds. The van der Waals surface area contributed by atoms with Crippen LogP contribution in [-0.4, -0.2) is 53.0 Å². The van der Waals surface area contributed by atoms with Crippen LogP contribution in [0.3, 0.4) is 0 Å². The number of imide groups is 1. The molecule has 0 saturated heterocycles. The summed E-state index contributed by atoms with van der Waals surface area (Å²) in [4.78, 5) is 44.8. The molecule has 2 heterocycles. The van der Waals surface area contributed by atoms with E-state index < -0.39 is 11.8 Å². The van der Waals surface area contributed by atoms with Crippen molar-refractivity contribution in [2.75, 3.05) is 19.6 Å². The van der Waals surface area contributed by atoms with Crippen LogP contribution in [0.1, 0.15) is 26.3 Å². The minimum atomic E-state index is -0.468. The van der Waals surface area contributed by atoms with Gasteiger partial charge >= 0.3 is 0 Å². The number of rotatable bonds is 3. The van der Waals surface area contributed by atoms with Gasteiger partial charge in [-0.05, 0) is 30.3 Å². The molecule has 0 radical (unpaired) electrons. The third kappa shape index (κ3) is 3.17. The zero-order valence-electron chi connectivity index (χ0n) is 14.0. The number of nitrogens with zero attached hydrogens (tertiary/aromatic N) is 3. The largest absolute Gasteiger partial charge is 0.293 e. The van der Waals surface area contributed by atoms with Crippen molar-refractivity contribution < 1.29 is 14.4 Å². The van der Waals surface area contributed by atoms with Crippen LogP contribution < -0.4 is 0 Å². The molecule has 136 valence electrons. The number of hydrogen-bond donors (Lipinski definition) is 0. The monoisotopic (exact) mass is 445 g/mol. The first-order valence-electron chi connectivity index (χ1n) is 8.22. The predicted octanol–water partition coefficient (Wildman–Crippen LogP) is 2.99. The van der Waals surface area contributed by atoms with Gasteiger partial charge in [0.25, 0.3) is 11.8 Å². The standard InChI is InChI=1S/C19H13BrClN3O3/c20-12-4-5-14-15(9-12)19(27)24(18(14)26)10-16(25)23-7-6-22-17(23)11-2-1-3-13(21)8-11/h1-5,8-9H,6-7,10H2. The number of carbonyl (C=O) groups excluding carboxylic acids is 3. The minimum Gasteiger partial charge on any atom is -0.293 e. The van der Waals surface area contributed by atoms with Gasteiger partial charge < -0.3 is 0 Å². The van der Waals surface area contributed by atoms with E-state index in [0.29, 0.717) is 39.5 Å². The summed E-state index contributed by atoms with van der Waals surface area (Å²) in [5.74, 6) is -0.789. The second kappa shape index (κ2) is 6.90. The van der Waals surface area contributed by atoms with Crippen molar-refractivity contribution in [3.05, 3.63) is 68.7 Å². The van der Waals surface area contributed by atoms with Crippen LogP contribution in [0.4, 0.5) is 0 Å². The van der Waals surface area contributed by atoms with Gasteiger partial charge in [0.2, 0.25) is 5.91 Å². The first-order valence-corrected chi connectivity index (χ1v) is 9.39. The Bertz CT molecular complexity index is 1020. The molecule has 0 saturated carbocycles. The van der Waals surface area contributed by atoms with E-state index in [1.807, 2.05) is 6.07 Å². The van der Waals surface area contributed by atoms with Crippen LogP contribution in [-0.2, 0) is 4.79 Å². The van der Waals surface area contributed by atoms with Crippen molar-refractivity contribution in [2.45, 2.75) is 0 Å². The average molecular weight is 447 g/mol. The summed E-state index contributed by atoms with van der Waals surface area (Å²) in [5, 5.41) is 0.542. The van der Waals surface area contributed by atoms with E-state index in [9.17, 15) is 14.4 Å². The molecule has 0 aromatic heterocycles. The van der Waals surface area contributed by atoms with Gasteiger partial charge in [0.05, 0.1) is 17.7 Å². The van der Waals surface area contributed by atoms with Crippen LogP contribution in [0, 0.1) is 0 Å². The number of fused-ring (bicyclic) bond motifs is 1. The number of amides is 3. The smallest absolute Gasteiger partial charge is 0.262 e. The molecule has 2 aliphatic rings. The van der Waals surface area contributed by atoms with Gasteiger partial charge in [-0.3, -0.25) is 29.2 Å². The highest BCUT2D eigenvalue weighted by Gasteiger charge is 2.38. The summed E-state index contributed by atoms with van der Waals surface area (Å²) in [6, 6.07) is 11.9. The molecule has 0 bridgehead atoms. The number of carbonyl (C=O) groups is 3. The van der Waals surface area contributed by atoms with E-state index >= 15 is 0 Å². The van der Waals surface area contributed by atoms with Gasteiger partial charge in [-0.1, -0.05) is 39.7 Å². The Morgan fingerprint density at radius 2 is 1.89 bits per heavy atom. The van der Waals surface area contributed by atoms with E-state index in [2.05, 4.69) is 20.9 Å². The molecule has 2 aromatic rings. The maximum atomic E-state index is 12.8. The molecule has 0 spiro atoms. The van der Waals surface area contributed by atoms with E-state index in [1.165, 1.54) is 4.90 Å². The number of benzene rings is 2. The van der Waals surface area contributed by atoms with E-state index in [0.717, 1.165) is 10.5 Å². The Labute approximate surface area is 168 Å². The van der Waals surface area contributed by atoms with Crippen LogP contribution in [0.25, 0.3) is 0 Å². The summed E-state index contributed by atoms with van der Waals surface area (Å²) >= 11 is 9.32. The van der Waals surface area contributed by atoms with Crippen molar-refractivity contribution >= 4 is 51.1 Å². The minimum absolute atomic E-state index is 0.298. The van der Waals surface area contributed by atoms with Gasteiger partial charge in [0.1, 0.15) is 12.4 Å². The lowest BCUT2D eigenvalue weighted by atomic mass is 10.1. The van der Waals surface area contributed by atoms with Crippen LogP contribution in [0.5, 0.6) is 0 Å². The topological polar surface area (TPSA) is 70.1 Å². The highest BCUT2D eigenvalue weighted by molar-refractivity contribution is 9.10. The Morgan fingerprint density at radius 3 is 2.67 bits per heavy atom. The highest BCUT2D eigenvalue weighted by Crippen LogP contribution is 2.26. The Kier molecular flexibility index (Phi) is 4.57. The molecule has 0 atom stereocenters. The molecular formula is C19H13BrClN3O3. The highest BCUT2D eigenvalue weighted by atomic mass is 79.9. The summed E-state index contributed by atoms with van der Waals surface area (Å²) in [5.41, 5.74) is 1.33. The van der Waals surface area contributed by atoms with Crippen molar-refractivity contribution in [1.29, 1.82) is 0 Å². The molecule has 0 fully saturated rings. The normalized spacial score (nSPS) is 16.0. The first-order chi connectivity index (χ1) is 13.0. The van der Waals surface area contributed by atoms with Gasteiger partial charge in [-0.25, -0.2) is 0 Å². The van der Waals surface area contributed by atoms with Gasteiger partial charge in [-0.2, -0.15) is 0 Å². The lowest BCUT2D eigenvalue weighted by Crippen LogP contribution is -2.44. The molecule has 6 nitrogen and oxygen atoms in total. The molecule has 0 N–H and O–H groups in total. The lowest BCUT2D eigenvalue weighted by molar-refractivity contribution is -0.127. The number of aliphatic imine (C=N–C) groups is 1. The predicted molar refractivity (Wildman–Crippen MR) is 104 cm³/mol. The molecular weight excluding hydrogens is 434 g/mol. The van der Waals surface area contributed by atoms with Crippen LogP contribution >= 0.6 is 27.5 Å². The lowest BCUT2D eigenvalue weighted by Gasteiger charge is -2.21. The quantitative estimate of drug-likeness (QED) is 0.681. The van der Waals surface area contributed by atoms with Crippen LogP contribution in [0.15, 0.2) is 51.9 Å². The average Bonchev–Trinajstić information content (AvgIpc) is 3.22. The molecule has 8 heteroatoms. The summed E-state index contributed by atoms with van der Waals surface area (Å²) in [6.07, 6.45) is 0. The zero-order valence-corrected chi connectivity index (χ0v) is 16.3. The third-order valence-corrected chi connectivity index (χ3v) is 5.18. The van der Waals surface area contributed by atoms with Gasteiger partial charge in [0.15, 0.2) is 0 Å². The second-order valence-corrected chi connectivity index (χ2v) is 7.50. The van der Waals surface area contributed by atoms with E-state index in [1.54, 1.807) is 36.4 Å². The van der Waals surface area contributed by atoms with Gasteiger partial charge in [-0.15, -0.1) is 0 Å². The van der Waals surface area contributed by atoms with Crippen molar-refractivity contribution in [3.8, 4) is 0 Å². The fraction of sp³-hybridized carbons (Fsp3) is 0.158. The first kappa shape index (κ1) is 17.9. The number of halogens is 2. The van der Waals surface area contributed by atoms with Crippen molar-refractivity contribution in [2.24, 2.45) is 4.99 Å². The molecule has 4 rings (SSSR count). The maximum absolute atomic E-state index is 12.8. The zero-order chi connectivity index (χ0) is 19.1. The summed E-state index contributed by atoms with van der Waals surface area (Å²) in [6.45, 7) is 0.529. The summed E-state index contributed by atoms with van der Waals surface area (Å²) in [7, 11) is 0. The van der Waals surface area contributed by atoms with Crippen molar-refractivity contribution in [1.82, 2.24) is 9.80 Å². The fourth-order valence-corrected chi connectivity index (χ4v) is 3.74.